The minimum Gasteiger partial charge on any atom is -0.423 e. The molecule has 110 valence electrons. The number of benzene rings is 2. The highest BCUT2D eigenvalue weighted by Gasteiger charge is 2.23. The van der Waals surface area contributed by atoms with E-state index in [1.807, 2.05) is 30.3 Å². The summed E-state index contributed by atoms with van der Waals surface area (Å²) in [6, 6.07) is 15.2. The standard InChI is InChI=1S/C19H22O2/c1-5-14-11-12-16(17(13-14)19(2,3)4)18(20)21-15-9-7-6-8-10-15/h6-13H,5H2,1-4H3. The highest BCUT2D eigenvalue weighted by atomic mass is 16.5. The van der Waals surface area contributed by atoms with Crippen molar-refractivity contribution < 1.29 is 9.53 Å². The summed E-state index contributed by atoms with van der Waals surface area (Å²) in [6.07, 6.45) is 0.955. The Morgan fingerprint density at radius 1 is 1.05 bits per heavy atom. The first-order chi connectivity index (χ1) is 9.91. The number of carbonyl (C=O) groups is 1. The Bertz CT molecular complexity index is 622. The molecular formula is C19H22O2. The van der Waals surface area contributed by atoms with Gasteiger partial charge in [-0.2, -0.15) is 0 Å². The summed E-state index contributed by atoms with van der Waals surface area (Å²) >= 11 is 0. The molecule has 0 aliphatic heterocycles. The van der Waals surface area contributed by atoms with E-state index in [9.17, 15) is 4.79 Å². The minimum atomic E-state index is -0.297. The Morgan fingerprint density at radius 3 is 2.29 bits per heavy atom. The molecule has 2 rings (SSSR count). The van der Waals surface area contributed by atoms with E-state index in [-0.39, 0.29) is 11.4 Å². The molecule has 0 unspecified atom stereocenters. The van der Waals surface area contributed by atoms with E-state index in [0.717, 1.165) is 12.0 Å². The monoisotopic (exact) mass is 282 g/mol. The quantitative estimate of drug-likeness (QED) is 0.599. The van der Waals surface area contributed by atoms with Crippen molar-refractivity contribution in [3.05, 3.63) is 65.2 Å². The van der Waals surface area contributed by atoms with Gasteiger partial charge in [0.15, 0.2) is 0 Å². The smallest absolute Gasteiger partial charge is 0.343 e. The van der Waals surface area contributed by atoms with Gasteiger partial charge in [0.05, 0.1) is 5.56 Å². The van der Waals surface area contributed by atoms with E-state index >= 15 is 0 Å². The number of esters is 1. The number of hydrogen-bond donors (Lipinski definition) is 0. The Labute approximate surface area is 126 Å². The molecule has 2 aromatic carbocycles. The Balaban J connectivity index is 2.36. The molecule has 2 aromatic rings. The Kier molecular flexibility index (Phi) is 4.46. The molecule has 0 amide bonds. The maximum atomic E-state index is 12.5. The zero-order valence-corrected chi connectivity index (χ0v) is 13.1. The van der Waals surface area contributed by atoms with Gasteiger partial charge in [0.25, 0.3) is 0 Å². The fraction of sp³-hybridized carbons (Fsp3) is 0.316. The number of ether oxygens (including phenoxy) is 1. The topological polar surface area (TPSA) is 26.3 Å². The molecule has 0 N–H and O–H groups in total. The predicted molar refractivity (Wildman–Crippen MR) is 85.9 cm³/mol. The molecule has 0 saturated carbocycles. The van der Waals surface area contributed by atoms with Crippen LogP contribution in [0.5, 0.6) is 5.75 Å². The van der Waals surface area contributed by atoms with Crippen molar-refractivity contribution in [2.24, 2.45) is 0 Å². The third kappa shape index (κ3) is 3.72. The molecule has 0 aromatic heterocycles. The van der Waals surface area contributed by atoms with E-state index < -0.39 is 0 Å². The van der Waals surface area contributed by atoms with Crippen LogP contribution in [0.3, 0.4) is 0 Å². The number of hydrogen-bond acceptors (Lipinski definition) is 2. The Morgan fingerprint density at radius 2 is 1.71 bits per heavy atom. The first kappa shape index (κ1) is 15.3. The van der Waals surface area contributed by atoms with E-state index in [0.29, 0.717) is 11.3 Å². The second kappa shape index (κ2) is 6.13. The number of para-hydroxylation sites is 1. The van der Waals surface area contributed by atoms with E-state index in [4.69, 9.17) is 4.74 Å². The van der Waals surface area contributed by atoms with Crippen LogP contribution in [-0.4, -0.2) is 5.97 Å². The van der Waals surface area contributed by atoms with Crippen LogP contribution in [-0.2, 0) is 11.8 Å². The average molecular weight is 282 g/mol. The molecule has 0 spiro atoms. The third-order valence-corrected chi connectivity index (χ3v) is 3.47. The van der Waals surface area contributed by atoms with Crippen LogP contribution in [0.4, 0.5) is 0 Å². The number of rotatable bonds is 3. The molecule has 0 bridgehead atoms. The molecule has 0 radical (unpaired) electrons. The van der Waals surface area contributed by atoms with Crippen LogP contribution < -0.4 is 4.74 Å². The minimum absolute atomic E-state index is 0.101. The molecule has 21 heavy (non-hydrogen) atoms. The lowest BCUT2D eigenvalue weighted by Gasteiger charge is -2.23. The van der Waals surface area contributed by atoms with Crippen LogP contribution in [0.2, 0.25) is 0 Å². The fourth-order valence-electron chi connectivity index (χ4n) is 2.26. The summed E-state index contributed by atoms with van der Waals surface area (Å²) in [5.74, 6) is 0.274. The molecule has 2 heteroatoms. The lowest BCUT2D eigenvalue weighted by molar-refractivity contribution is 0.0732. The predicted octanol–water partition coefficient (Wildman–Crippen LogP) is 4.77. The molecule has 2 nitrogen and oxygen atoms in total. The third-order valence-electron chi connectivity index (χ3n) is 3.47. The van der Waals surface area contributed by atoms with Gasteiger partial charge in [-0.05, 0) is 41.2 Å². The maximum absolute atomic E-state index is 12.5. The normalized spacial score (nSPS) is 11.2. The van der Waals surface area contributed by atoms with Gasteiger partial charge in [-0.3, -0.25) is 0 Å². The van der Waals surface area contributed by atoms with Crippen molar-refractivity contribution in [2.45, 2.75) is 39.5 Å². The van der Waals surface area contributed by atoms with Gasteiger partial charge < -0.3 is 4.74 Å². The van der Waals surface area contributed by atoms with Gasteiger partial charge >= 0.3 is 5.97 Å². The summed E-state index contributed by atoms with van der Waals surface area (Å²) in [6.45, 7) is 8.45. The zero-order chi connectivity index (χ0) is 15.5. The van der Waals surface area contributed by atoms with E-state index in [1.165, 1.54) is 5.56 Å². The zero-order valence-electron chi connectivity index (χ0n) is 13.1. The SMILES string of the molecule is CCc1ccc(C(=O)Oc2ccccc2)c(C(C)(C)C)c1. The summed E-state index contributed by atoms with van der Waals surface area (Å²) in [5, 5.41) is 0. The molecule has 0 heterocycles. The van der Waals surface area contributed by atoms with Gasteiger partial charge in [-0.15, -0.1) is 0 Å². The van der Waals surface area contributed by atoms with E-state index in [1.54, 1.807) is 12.1 Å². The van der Waals surface area contributed by atoms with Crippen LogP contribution in [0.15, 0.2) is 48.5 Å². The first-order valence-electron chi connectivity index (χ1n) is 7.32. The van der Waals surface area contributed by atoms with Crippen LogP contribution in [0.1, 0.15) is 49.2 Å². The number of aryl methyl sites for hydroxylation is 1. The largest absolute Gasteiger partial charge is 0.423 e. The summed E-state index contributed by atoms with van der Waals surface area (Å²) in [4.78, 5) is 12.5. The highest BCUT2D eigenvalue weighted by Crippen LogP contribution is 2.28. The van der Waals surface area contributed by atoms with Gasteiger partial charge in [0, 0.05) is 0 Å². The summed E-state index contributed by atoms with van der Waals surface area (Å²) < 4.78 is 5.47. The van der Waals surface area contributed by atoms with Gasteiger partial charge in [0.1, 0.15) is 5.75 Å². The van der Waals surface area contributed by atoms with Crippen molar-refractivity contribution >= 4 is 5.97 Å². The molecule has 0 saturated heterocycles. The molecule has 0 fully saturated rings. The summed E-state index contributed by atoms with van der Waals surface area (Å²) in [7, 11) is 0. The highest BCUT2D eigenvalue weighted by molar-refractivity contribution is 5.93. The van der Waals surface area contributed by atoms with Crippen molar-refractivity contribution in [3.8, 4) is 5.75 Å². The number of carbonyl (C=O) groups excluding carboxylic acids is 1. The van der Waals surface area contributed by atoms with Gasteiger partial charge in [-0.25, -0.2) is 4.79 Å². The van der Waals surface area contributed by atoms with Gasteiger partial charge in [-0.1, -0.05) is 58.0 Å². The van der Waals surface area contributed by atoms with Crippen molar-refractivity contribution in [3.63, 3.8) is 0 Å². The average Bonchev–Trinajstić information content (AvgIpc) is 2.46. The maximum Gasteiger partial charge on any atom is 0.343 e. The van der Waals surface area contributed by atoms with Crippen LogP contribution in [0, 0.1) is 0 Å². The van der Waals surface area contributed by atoms with E-state index in [2.05, 4.69) is 33.8 Å². The van der Waals surface area contributed by atoms with Gasteiger partial charge in [0.2, 0.25) is 0 Å². The fourth-order valence-corrected chi connectivity index (χ4v) is 2.26. The molecular weight excluding hydrogens is 260 g/mol. The van der Waals surface area contributed by atoms with Crippen molar-refractivity contribution in [1.29, 1.82) is 0 Å². The first-order valence-corrected chi connectivity index (χ1v) is 7.32. The molecule has 0 aliphatic rings. The Hall–Kier alpha value is -2.09. The lowest BCUT2D eigenvalue weighted by Crippen LogP contribution is -2.20. The summed E-state index contributed by atoms with van der Waals surface area (Å²) in [5.41, 5.74) is 2.80. The molecule has 0 aliphatic carbocycles. The van der Waals surface area contributed by atoms with Crippen molar-refractivity contribution in [1.82, 2.24) is 0 Å². The van der Waals surface area contributed by atoms with Crippen LogP contribution in [0.25, 0.3) is 0 Å². The second-order valence-electron chi connectivity index (χ2n) is 6.19. The molecule has 0 atom stereocenters. The second-order valence-corrected chi connectivity index (χ2v) is 6.19. The van der Waals surface area contributed by atoms with Crippen molar-refractivity contribution in [2.75, 3.05) is 0 Å². The lowest BCUT2D eigenvalue weighted by atomic mass is 9.82. The van der Waals surface area contributed by atoms with Crippen LogP contribution >= 0.6 is 0 Å².